The van der Waals surface area contributed by atoms with Crippen LogP contribution in [-0.2, 0) is 23.9 Å². The van der Waals surface area contributed by atoms with Gasteiger partial charge in [0, 0.05) is 6.42 Å². The first kappa shape index (κ1) is 20.1. The minimum Gasteiger partial charge on any atom is -0.466 e. The number of benzene rings is 1. The smallest absolute Gasteiger partial charge is 0.355 e. The Kier molecular flexibility index (Phi) is 7.48. The average molecular weight is 374 g/mol. The van der Waals surface area contributed by atoms with Crippen LogP contribution in [0.2, 0.25) is 0 Å². The van der Waals surface area contributed by atoms with Gasteiger partial charge in [0.15, 0.2) is 11.5 Å². The molecule has 1 aliphatic rings. The van der Waals surface area contributed by atoms with Crippen molar-refractivity contribution in [1.29, 1.82) is 0 Å². The molecule has 144 valence electrons. The molecule has 0 saturated carbocycles. The molecule has 1 amide bonds. The summed E-state index contributed by atoms with van der Waals surface area (Å²) in [5.74, 6) is -1.54. The number of hydrogen-bond donors (Lipinski definition) is 2. The average Bonchev–Trinajstić information content (AvgIpc) is 2.67. The van der Waals surface area contributed by atoms with E-state index in [1.165, 1.54) is 0 Å². The number of hydrogen-bond acceptors (Lipinski definition) is 7. The Labute approximate surface area is 156 Å². The number of carbonyl (C=O) groups is 3. The van der Waals surface area contributed by atoms with Gasteiger partial charge >= 0.3 is 11.9 Å². The van der Waals surface area contributed by atoms with E-state index < -0.39 is 11.9 Å². The van der Waals surface area contributed by atoms with E-state index in [1.54, 1.807) is 13.8 Å². The first-order chi connectivity index (χ1) is 13.0. The Morgan fingerprint density at radius 2 is 1.81 bits per heavy atom. The van der Waals surface area contributed by atoms with E-state index in [9.17, 15) is 14.4 Å². The summed E-state index contributed by atoms with van der Waals surface area (Å²) in [6.45, 7) is 3.64. The number of esters is 2. The molecule has 1 unspecified atom stereocenters. The molecule has 0 aliphatic carbocycles. The minimum absolute atomic E-state index is 0.137. The summed E-state index contributed by atoms with van der Waals surface area (Å²) in [4.78, 5) is 35.5. The van der Waals surface area contributed by atoms with Crippen LogP contribution in [0.3, 0.4) is 0 Å². The standard InChI is InChI=1S/C18H22N4O5/c1-3-26-16(24)11-14(18(25)27-4-2)19-21-17-13(10-15(23)20-22-17)12-8-6-5-7-9-12/h5-9,13H,3-4,10-11H2,1-2H3,(H,20,23)(H,21,22)/b19-14-. The van der Waals surface area contributed by atoms with Gasteiger partial charge in [-0.3, -0.25) is 20.4 Å². The van der Waals surface area contributed by atoms with Crippen molar-refractivity contribution in [2.45, 2.75) is 32.6 Å². The van der Waals surface area contributed by atoms with Crippen LogP contribution in [0.15, 0.2) is 40.5 Å². The molecule has 9 nitrogen and oxygen atoms in total. The van der Waals surface area contributed by atoms with Crippen LogP contribution in [0.4, 0.5) is 0 Å². The zero-order valence-electron chi connectivity index (χ0n) is 15.2. The normalized spacial score (nSPS) is 18.4. The lowest BCUT2D eigenvalue weighted by atomic mass is 9.93. The van der Waals surface area contributed by atoms with Gasteiger partial charge in [-0.2, -0.15) is 0 Å². The fourth-order valence-electron chi connectivity index (χ4n) is 2.44. The fourth-order valence-corrected chi connectivity index (χ4v) is 2.44. The molecule has 2 rings (SSSR count). The second-order valence-electron chi connectivity index (χ2n) is 5.57. The number of ether oxygens (including phenoxy) is 2. The Hall–Kier alpha value is -3.23. The van der Waals surface area contributed by atoms with Crippen molar-refractivity contribution in [3.63, 3.8) is 0 Å². The summed E-state index contributed by atoms with van der Waals surface area (Å²) in [6, 6.07) is 9.32. The molecular weight excluding hydrogens is 352 g/mol. The van der Waals surface area contributed by atoms with Gasteiger partial charge in [-0.25, -0.2) is 4.79 Å². The molecule has 1 aromatic carbocycles. The summed E-state index contributed by atoms with van der Waals surface area (Å²) < 4.78 is 9.76. The Morgan fingerprint density at radius 3 is 2.48 bits per heavy atom. The van der Waals surface area contributed by atoms with Crippen LogP contribution in [0.5, 0.6) is 0 Å². The highest BCUT2D eigenvalue weighted by Crippen LogP contribution is 2.22. The lowest BCUT2D eigenvalue weighted by molar-refractivity contribution is -0.143. The molecule has 0 spiro atoms. The monoisotopic (exact) mass is 374 g/mol. The molecule has 1 atom stereocenters. The van der Waals surface area contributed by atoms with Gasteiger partial charge in [-0.1, -0.05) is 30.3 Å². The predicted octanol–water partition coefficient (Wildman–Crippen LogP) is 1.07. The number of nitrogens with zero attached hydrogens (tertiary/aromatic N) is 2. The third-order valence-corrected chi connectivity index (χ3v) is 3.66. The number of amides is 1. The van der Waals surface area contributed by atoms with Crippen LogP contribution in [0, 0.1) is 0 Å². The van der Waals surface area contributed by atoms with Crippen molar-refractivity contribution in [1.82, 2.24) is 10.9 Å². The molecule has 9 heteroatoms. The number of nitrogens with one attached hydrogen (secondary N) is 2. The predicted molar refractivity (Wildman–Crippen MR) is 97.8 cm³/mol. The molecule has 0 bridgehead atoms. The molecule has 2 N–H and O–H groups in total. The number of amidine groups is 1. The summed E-state index contributed by atoms with van der Waals surface area (Å²) in [5.41, 5.74) is 5.87. The van der Waals surface area contributed by atoms with Gasteiger partial charge in [-0.15, -0.1) is 10.2 Å². The molecule has 1 heterocycles. The summed E-state index contributed by atoms with van der Waals surface area (Å²) >= 11 is 0. The number of rotatable bonds is 7. The van der Waals surface area contributed by atoms with Crippen LogP contribution in [0.1, 0.15) is 38.2 Å². The van der Waals surface area contributed by atoms with Crippen molar-refractivity contribution in [2.24, 2.45) is 10.2 Å². The maximum atomic E-state index is 12.0. The van der Waals surface area contributed by atoms with Crippen molar-refractivity contribution < 1.29 is 23.9 Å². The van der Waals surface area contributed by atoms with Crippen molar-refractivity contribution in [2.75, 3.05) is 13.2 Å². The second-order valence-corrected chi connectivity index (χ2v) is 5.57. The van der Waals surface area contributed by atoms with Crippen LogP contribution in [0.25, 0.3) is 0 Å². The number of hydrazine groups is 1. The van der Waals surface area contributed by atoms with Gasteiger partial charge in [0.05, 0.1) is 25.6 Å². The molecule has 1 saturated heterocycles. The van der Waals surface area contributed by atoms with E-state index in [2.05, 4.69) is 21.1 Å². The van der Waals surface area contributed by atoms with Gasteiger partial charge in [0.2, 0.25) is 5.91 Å². The van der Waals surface area contributed by atoms with E-state index in [0.717, 1.165) is 5.56 Å². The SMILES string of the molecule is CCOC(=O)C/C(=N/N=C1\NNC(=O)CC1c1ccccc1)C(=O)OCC. The van der Waals surface area contributed by atoms with Crippen LogP contribution >= 0.6 is 0 Å². The minimum atomic E-state index is -0.744. The Bertz CT molecular complexity index is 745. The van der Waals surface area contributed by atoms with E-state index in [1.807, 2.05) is 30.3 Å². The third-order valence-electron chi connectivity index (χ3n) is 3.66. The highest BCUT2D eigenvalue weighted by molar-refractivity contribution is 6.39. The fraction of sp³-hybridized carbons (Fsp3) is 0.389. The van der Waals surface area contributed by atoms with Gasteiger partial charge in [-0.05, 0) is 19.4 Å². The quantitative estimate of drug-likeness (QED) is 0.419. The van der Waals surface area contributed by atoms with E-state index in [-0.39, 0.29) is 43.6 Å². The maximum absolute atomic E-state index is 12.0. The zero-order chi connectivity index (χ0) is 19.6. The maximum Gasteiger partial charge on any atom is 0.355 e. The summed E-state index contributed by atoms with van der Waals surface area (Å²) in [5, 5.41) is 7.97. The zero-order valence-corrected chi connectivity index (χ0v) is 15.2. The first-order valence-corrected chi connectivity index (χ1v) is 8.62. The highest BCUT2D eigenvalue weighted by Gasteiger charge is 2.27. The van der Waals surface area contributed by atoms with Crippen molar-refractivity contribution in [3.05, 3.63) is 35.9 Å². The van der Waals surface area contributed by atoms with E-state index in [0.29, 0.717) is 5.84 Å². The van der Waals surface area contributed by atoms with E-state index >= 15 is 0 Å². The number of carbonyl (C=O) groups excluding carboxylic acids is 3. The summed E-state index contributed by atoms with van der Waals surface area (Å²) in [7, 11) is 0. The van der Waals surface area contributed by atoms with Crippen LogP contribution in [-0.4, -0.2) is 42.6 Å². The van der Waals surface area contributed by atoms with Gasteiger partial charge in [0.1, 0.15) is 0 Å². The van der Waals surface area contributed by atoms with Gasteiger partial charge in [0.25, 0.3) is 0 Å². The third kappa shape index (κ3) is 5.91. The van der Waals surface area contributed by atoms with Crippen molar-refractivity contribution >= 4 is 29.4 Å². The lowest BCUT2D eigenvalue weighted by Crippen LogP contribution is -2.50. The summed E-state index contributed by atoms with van der Waals surface area (Å²) in [6.07, 6.45) is -0.177. The molecule has 0 radical (unpaired) electrons. The second kappa shape index (κ2) is 10.0. The van der Waals surface area contributed by atoms with E-state index in [4.69, 9.17) is 9.47 Å². The Balaban J connectivity index is 2.29. The topological polar surface area (TPSA) is 118 Å². The Morgan fingerprint density at radius 1 is 1.11 bits per heavy atom. The van der Waals surface area contributed by atoms with Crippen LogP contribution < -0.4 is 10.9 Å². The lowest BCUT2D eigenvalue weighted by Gasteiger charge is -2.25. The van der Waals surface area contributed by atoms with Gasteiger partial charge < -0.3 is 9.47 Å². The molecule has 1 aliphatic heterocycles. The molecule has 27 heavy (non-hydrogen) atoms. The first-order valence-electron chi connectivity index (χ1n) is 8.62. The molecule has 1 fully saturated rings. The largest absolute Gasteiger partial charge is 0.466 e. The molecule has 0 aromatic heterocycles. The van der Waals surface area contributed by atoms with Crippen molar-refractivity contribution in [3.8, 4) is 0 Å². The molecular formula is C18H22N4O5. The molecule has 1 aromatic rings. The highest BCUT2D eigenvalue weighted by atomic mass is 16.5.